The first-order chi connectivity index (χ1) is 12.6. The van der Waals surface area contributed by atoms with E-state index in [1.807, 2.05) is 62.4 Å². The Hall–Kier alpha value is -2.44. The Bertz CT molecular complexity index is 749. The minimum absolute atomic E-state index is 0.152. The van der Waals surface area contributed by atoms with E-state index < -0.39 is 0 Å². The first-order valence-electron chi connectivity index (χ1n) is 8.54. The number of rotatable bonds is 8. The number of ether oxygens (including phenoxy) is 2. The summed E-state index contributed by atoms with van der Waals surface area (Å²) >= 11 is 5.22. The molecule has 0 saturated heterocycles. The van der Waals surface area contributed by atoms with Gasteiger partial charge >= 0.3 is 0 Å². The fourth-order valence-corrected chi connectivity index (χ4v) is 2.57. The van der Waals surface area contributed by atoms with E-state index in [1.165, 1.54) is 0 Å². The smallest absolute Gasteiger partial charge is 0.230 e. The van der Waals surface area contributed by atoms with Crippen molar-refractivity contribution in [3.63, 3.8) is 0 Å². The van der Waals surface area contributed by atoms with E-state index in [-0.39, 0.29) is 17.4 Å². The second-order valence-electron chi connectivity index (χ2n) is 5.68. The SMILES string of the molecule is CCOCCOc1cccc(NC(=S)NC(=O)Cc2ccccc2C)c1. The molecule has 0 fully saturated rings. The molecule has 1 amide bonds. The van der Waals surface area contributed by atoms with Crippen molar-refractivity contribution in [3.8, 4) is 5.75 Å². The summed E-state index contributed by atoms with van der Waals surface area (Å²) < 4.78 is 10.9. The summed E-state index contributed by atoms with van der Waals surface area (Å²) in [6.07, 6.45) is 0.287. The molecule has 0 aliphatic rings. The maximum absolute atomic E-state index is 12.2. The summed E-state index contributed by atoms with van der Waals surface area (Å²) in [5, 5.41) is 5.97. The zero-order valence-electron chi connectivity index (χ0n) is 15.1. The maximum atomic E-state index is 12.2. The monoisotopic (exact) mass is 372 g/mol. The van der Waals surface area contributed by atoms with Gasteiger partial charge in [0.05, 0.1) is 13.0 Å². The van der Waals surface area contributed by atoms with Gasteiger partial charge in [0.2, 0.25) is 5.91 Å². The Balaban J connectivity index is 1.83. The van der Waals surface area contributed by atoms with Crippen LogP contribution in [0.4, 0.5) is 5.69 Å². The van der Waals surface area contributed by atoms with Crippen molar-refractivity contribution < 1.29 is 14.3 Å². The zero-order valence-corrected chi connectivity index (χ0v) is 15.9. The van der Waals surface area contributed by atoms with Gasteiger partial charge in [0, 0.05) is 18.4 Å². The van der Waals surface area contributed by atoms with E-state index >= 15 is 0 Å². The summed E-state index contributed by atoms with van der Waals surface area (Å²) in [6, 6.07) is 15.2. The van der Waals surface area contributed by atoms with Crippen LogP contribution in [0.25, 0.3) is 0 Å². The van der Waals surface area contributed by atoms with Gasteiger partial charge in [-0.1, -0.05) is 30.3 Å². The van der Waals surface area contributed by atoms with Crippen LogP contribution in [0.2, 0.25) is 0 Å². The van der Waals surface area contributed by atoms with Gasteiger partial charge in [-0.3, -0.25) is 4.79 Å². The molecule has 2 N–H and O–H groups in total. The molecule has 0 heterocycles. The quantitative estimate of drug-likeness (QED) is 0.549. The second-order valence-corrected chi connectivity index (χ2v) is 6.09. The average Bonchev–Trinajstić information content (AvgIpc) is 2.61. The Kier molecular flexibility index (Phi) is 8.05. The van der Waals surface area contributed by atoms with Gasteiger partial charge in [0.25, 0.3) is 0 Å². The third kappa shape index (κ3) is 6.82. The lowest BCUT2D eigenvalue weighted by Crippen LogP contribution is -2.35. The zero-order chi connectivity index (χ0) is 18.8. The lowest BCUT2D eigenvalue weighted by molar-refractivity contribution is -0.119. The molecule has 0 saturated carbocycles. The summed E-state index contributed by atoms with van der Waals surface area (Å²) in [5.74, 6) is 0.560. The van der Waals surface area contributed by atoms with Gasteiger partial charge in [-0.25, -0.2) is 0 Å². The van der Waals surface area contributed by atoms with Crippen molar-refractivity contribution in [3.05, 3.63) is 59.7 Å². The van der Waals surface area contributed by atoms with Crippen molar-refractivity contribution in [2.24, 2.45) is 0 Å². The van der Waals surface area contributed by atoms with E-state index in [0.29, 0.717) is 25.6 Å². The molecule has 2 rings (SSSR count). The van der Waals surface area contributed by atoms with E-state index in [0.717, 1.165) is 16.8 Å². The van der Waals surface area contributed by atoms with Crippen molar-refractivity contribution in [1.82, 2.24) is 5.32 Å². The van der Waals surface area contributed by atoms with E-state index in [4.69, 9.17) is 21.7 Å². The molecular weight excluding hydrogens is 348 g/mol. The Morgan fingerprint density at radius 2 is 1.92 bits per heavy atom. The van der Waals surface area contributed by atoms with E-state index in [2.05, 4.69) is 10.6 Å². The minimum atomic E-state index is -0.152. The highest BCUT2D eigenvalue weighted by atomic mass is 32.1. The van der Waals surface area contributed by atoms with Crippen LogP contribution in [0.15, 0.2) is 48.5 Å². The third-order valence-corrected chi connectivity index (χ3v) is 3.86. The van der Waals surface area contributed by atoms with E-state index in [1.54, 1.807) is 0 Å². The number of nitrogens with one attached hydrogen (secondary N) is 2. The molecule has 0 spiro atoms. The van der Waals surface area contributed by atoms with Gasteiger partial charge in [0.1, 0.15) is 12.4 Å². The Labute approximate surface area is 159 Å². The summed E-state index contributed by atoms with van der Waals surface area (Å²) in [5.41, 5.74) is 2.82. The Morgan fingerprint density at radius 1 is 1.12 bits per heavy atom. The predicted molar refractivity (Wildman–Crippen MR) is 108 cm³/mol. The molecule has 26 heavy (non-hydrogen) atoms. The largest absolute Gasteiger partial charge is 0.491 e. The number of aryl methyl sites for hydroxylation is 1. The van der Waals surface area contributed by atoms with E-state index in [9.17, 15) is 4.79 Å². The molecule has 0 aromatic heterocycles. The molecule has 0 unspecified atom stereocenters. The molecule has 138 valence electrons. The second kappa shape index (κ2) is 10.5. The third-order valence-electron chi connectivity index (χ3n) is 3.66. The van der Waals surface area contributed by atoms with Crippen LogP contribution in [0.1, 0.15) is 18.1 Å². The molecule has 0 bridgehead atoms. The number of hydrogen-bond acceptors (Lipinski definition) is 4. The normalized spacial score (nSPS) is 10.2. The van der Waals surface area contributed by atoms with Gasteiger partial charge in [-0.2, -0.15) is 0 Å². The number of benzene rings is 2. The Morgan fingerprint density at radius 3 is 2.69 bits per heavy atom. The maximum Gasteiger partial charge on any atom is 0.230 e. The molecule has 0 aliphatic carbocycles. The highest BCUT2D eigenvalue weighted by Gasteiger charge is 2.08. The molecule has 2 aromatic rings. The van der Waals surface area contributed by atoms with Crippen LogP contribution < -0.4 is 15.4 Å². The topological polar surface area (TPSA) is 59.6 Å². The first kappa shape index (κ1) is 19.9. The standard InChI is InChI=1S/C20H24N2O3S/c1-3-24-11-12-25-18-10-6-9-17(14-18)21-20(26)22-19(23)13-16-8-5-4-7-15(16)2/h4-10,14H,3,11-13H2,1-2H3,(H2,21,22,23,26). The molecule has 5 nitrogen and oxygen atoms in total. The van der Waals surface area contributed by atoms with Crippen LogP contribution in [-0.2, 0) is 16.0 Å². The lowest BCUT2D eigenvalue weighted by Gasteiger charge is -2.12. The van der Waals surface area contributed by atoms with Crippen LogP contribution in [-0.4, -0.2) is 30.8 Å². The highest BCUT2D eigenvalue weighted by Crippen LogP contribution is 2.17. The predicted octanol–water partition coefficient (Wildman–Crippen LogP) is 3.47. The fraction of sp³-hybridized carbons (Fsp3) is 0.300. The summed E-state index contributed by atoms with van der Waals surface area (Å²) in [7, 11) is 0. The summed E-state index contributed by atoms with van der Waals surface area (Å²) in [4.78, 5) is 12.2. The lowest BCUT2D eigenvalue weighted by atomic mass is 10.1. The highest BCUT2D eigenvalue weighted by molar-refractivity contribution is 7.80. The van der Waals surface area contributed by atoms with Crippen LogP contribution >= 0.6 is 12.2 Å². The number of carbonyl (C=O) groups is 1. The number of anilines is 1. The van der Waals surface area contributed by atoms with Crippen molar-refractivity contribution in [2.45, 2.75) is 20.3 Å². The number of thiocarbonyl (C=S) groups is 1. The van der Waals surface area contributed by atoms with Gasteiger partial charge in [-0.05, 0) is 49.3 Å². The molecule has 0 aliphatic heterocycles. The summed E-state index contributed by atoms with van der Waals surface area (Å²) in [6.45, 7) is 5.62. The molecular formula is C20H24N2O3S. The first-order valence-corrected chi connectivity index (χ1v) is 8.95. The molecule has 2 aromatic carbocycles. The fourth-order valence-electron chi connectivity index (χ4n) is 2.34. The number of carbonyl (C=O) groups excluding carboxylic acids is 1. The van der Waals surface area contributed by atoms with Crippen LogP contribution in [0, 0.1) is 6.92 Å². The van der Waals surface area contributed by atoms with Crippen molar-refractivity contribution in [1.29, 1.82) is 0 Å². The number of hydrogen-bond donors (Lipinski definition) is 2. The van der Waals surface area contributed by atoms with Gasteiger partial charge in [-0.15, -0.1) is 0 Å². The van der Waals surface area contributed by atoms with Crippen LogP contribution in [0.3, 0.4) is 0 Å². The van der Waals surface area contributed by atoms with Crippen molar-refractivity contribution in [2.75, 3.05) is 25.1 Å². The average molecular weight is 372 g/mol. The van der Waals surface area contributed by atoms with Crippen molar-refractivity contribution >= 4 is 28.9 Å². The number of amides is 1. The van der Waals surface area contributed by atoms with Crippen LogP contribution in [0.5, 0.6) is 5.75 Å². The molecule has 0 radical (unpaired) electrons. The van der Waals surface area contributed by atoms with Gasteiger partial charge in [0.15, 0.2) is 5.11 Å². The molecule has 6 heteroatoms. The molecule has 0 atom stereocenters. The minimum Gasteiger partial charge on any atom is -0.491 e. The van der Waals surface area contributed by atoms with Gasteiger partial charge < -0.3 is 20.1 Å².